The van der Waals surface area contributed by atoms with Crippen LogP contribution in [0.15, 0.2) is 18.3 Å². The molecule has 1 rings (SSSR count). The van der Waals surface area contributed by atoms with E-state index in [0.29, 0.717) is 30.4 Å². The highest BCUT2D eigenvalue weighted by Gasteiger charge is 2.00. The van der Waals surface area contributed by atoms with Gasteiger partial charge in [0.25, 0.3) is 0 Å². The molecule has 0 fully saturated rings. The largest absolute Gasteiger partial charge is 0.466 e. The van der Waals surface area contributed by atoms with Crippen LogP contribution in [0.25, 0.3) is 0 Å². The lowest BCUT2D eigenvalue weighted by Gasteiger charge is -2.04. The van der Waals surface area contributed by atoms with Crippen LogP contribution < -0.4 is 5.32 Å². The van der Waals surface area contributed by atoms with Crippen LogP contribution in [0.5, 0.6) is 0 Å². The quantitative estimate of drug-likeness (QED) is 0.785. The molecule has 0 saturated heterocycles. The van der Waals surface area contributed by atoms with E-state index < -0.39 is 0 Å². The zero-order valence-corrected chi connectivity index (χ0v) is 9.25. The van der Waals surface area contributed by atoms with E-state index >= 15 is 0 Å². The molecule has 0 aliphatic heterocycles. The molecule has 1 aromatic heterocycles. The van der Waals surface area contributed by atoms with Crippen LogP contribution in [0, 0.1) is 0 Å². The molecule has 0 radical (unpaired) electrons. The molecule has 15 heavy (non-hydrogen) atoms. The minimum Gasteiger partial charge on any atom is -0.466 e. The number of hydrogen-bond donors (Lipinski definition) is 1. The van der Waals surface area contributed by atoms with Gasteiger partial charge >= 0.3 is 5.97 Å². The van der Waals surface area contributed by atoms with Gasteiger partial charge in [0.2, 0.25) is 0 Å². The Balaban J connectivity index is 2.26. The Morgan fingerprint density at radius 3 is 3.00 bits per heavy atom. The number of carbonyl (C=O) groups is 1. The third kappa shape index (κ3) is 4.65. The fourth-order valence-corrected chi connectivity index (χ4v) is 1.12. The second-order valence-corrected chi connectivity index (χ2v) is 3.28. The predicted molar refractivity (Wildman–Crippen MR) is 59.0 cm³/mol. The normalized spacial score (nSPS) is 9.73. The minimum absolute atomic E-state index is 0.209. The fraction of sp³-hybridized carbons (Fsp3) is 0.400. The van der Waals surface area contributed by atoms with Gasteiger partial charge < -0.3 is 10.1 Å². The molecule has 0 aromatic carbocycles. The standard InChI is InChI=1S/C10H13ClN2O2/c1-2-15-10(14)5-6-12-9-4-3-8(11)7-13-9/h3-4,7H,2,5-6H2,1H3,(H,12,13). The van der Waals surface area contributed by atoms with Gasteiger partial charge in [-0.2, -0.15) is 0 Å². The molecule has 0 bridgehead atoms. The number of anilines is 1. The summed E-state index contributed by atoms with van der Waals surface area (Å²) in [7, 11) is 0. The zero-order valence-electron chi connectivity index (χ0n) is 8.50. The lowest BCUT2D eigenvalue weighted by atomic mass is 10.4. The summed E-state index contributed by atoms with van der Waals surface area (Å²) in [6, 6.07) is 3.49. The first-order chi connectivity index (χ1) is 7.22. The topological polar surface area (TPSA) is 51.2 Å². The van der Waals surface area contributed by atoms with Gasteiger partial charge in [0, 0.05) is 12.7 Å². The second-order valence-electron chi connectivity index (χ2n) is 2.84. The SMILES string of the molecule is CCOC(=O)CCNc1ccc(Cl)cn1. The van der Waals surface area contributed by atoms with Crippen LogP contribution in [-0.2, 0) is 9.53 Å². The van der Waals surface area contributed by atoms with Gasteiger partial charge in [0.1, 0.15) is 5.82 Å². The van der Waals surface area contributed by atoms with Crippen molar-refractivity contribution in [3.05, 3.63) is 23.4 Å². The lowest BCUT2D eigenvalue weighted by molar-refractivity contribution is -0.142. The van der Waals surface area contributed by atoms with E-state index in [0.717, 1.165) is 0 Å². The number of nitrogens with zero attached hydrogens (tertiary/aromatic N) is 1. The highest BCUT2D eigenvalue weighted by Crippen LogP contribution is 2.09. The number of halogens is 1. The molecule has 0 aliphatic carbocycles. The average Bonchev–Trinajstić information content (AvgIpc) is 2.21. The van der Waals surface area contributed by atoms with Crippen molar-refractivity contribution < 1.29 is 9.53 Å². The molecular weight excluding hydrogens is 216 g/mol. The first-order valence-corrected chi connectivity index (χ1v) is 5.11. The number of aromatic nitrogens is 1. The van der Waals surface area contributed by atoms with Crippen LogP contribution in [0.4, 0.5) is 5.82 Å². The molecule has 0 atom stereocenters. The van der Waals surface area contributed by atoms with Crippen LogP contribution in [-0.4, -0.2) is 24.1 Å². The number of pyridine rings is 1. The van der Waals surface area contributed by atoms with E-state index in [2.05, 4.69) is 10.3 Å². The first kappa shape index (κ1) is 11.8. The van der Waals surface area contributed by atoms with Crippen molar-refractivity contribution in [2.75, 3.05) is 18.5 Å². The maximum Gasteiger partial charge on any atom is 0.307 e. The summed E-state index contributed by atoms with van der Waals surface area (Å²) in [5.41, 5.74) is 0. The molecule has 82 valence electrons. The Labute approximate surface area is 93.6 Å². The van der Waals surface area contributed by atoms with Crippen molar-refractivity contribution in [1.82, 2.24) is 4.98 Å². The molecule has 1 heterocycles. The van der Waals surface area contributed by atoms with E-state index in [1.54, 1.807) is 25.3 Å². The number of carbonyl (C=O) groups excluding carboxylic acids is 1. The second kappa shape index (κ2) is 6.24. The van der Waals surface area contributed by atoms with Crippen molar-refractivity contribution in [1.29, 1.82) is 0 Å². The van der Waals surface area contributed by atoms with Crippen molar-refractivity contribution >= 4 is 23.4 Å². The van der Waals surface area contributed by atoms with Crippen molar-refractivity contribution in [3.8, 4) is 0 Å². The molecule has 5 heteroatoms. The fourth-order valence-electron chi connectivity index (χ4n) is 1.01. The molecule has 0 aliphatic rings. The van der Waals surface area contributed by atoms with Crippen LogP contribution >= 0.6 is 11.6 Å². The summed E-state index contributed by atoms with van der Waals surface area (Å²) in [6.07, 6.45) is 1.88. The molecular formula is C10H13ClN2O2. The van der Waals surface area contributed by atoms with Gasteiger partial charge in [-0.05, 0) is 19.1 Å². The third-order valence-electron chi connectivity index (χ3n) is 1.67. The summed E-state index contributed by atoms with van der Waals surface area (Å²) < 4.78 is 4.78. The van der Waals surface area contributed by atoms with E-state index in [9.17, 15) is 4.79 Å². The molecule has 0 saturated carbocycles. The van der Waals surface area contributed by atoms with Crippen molar-refractivity contribution in [2.24, 2.45) is 0 Å². The summed E-state index contributed by atoms with van der Waals surface area (Å²) in [4.78, 5) is 15.0. The first-order valence-electron chi connectivity index (χ1n) is 4.73. The highest BCUT2D eigenvalue weighted by molar-refractivity contribution is 6.30. The predicted octanol–water partition coefficient (Wildman–Crippen LogP) is 2.10. The number of rotatable bonds is 5. The van der Waals surface area contributed by atoms with Gasteiger partial charge in [0.15, 0.2) is 0 Å². The third-order valence-corrected chi connectivity index (χ3v) is 1.89. The van der Waals surface area contributed by atoms with Crippen LogP contribution in [0.2, 0.25) is 5.02 Å². The number of ether oxygens (including phenoxy) is 1. The zero-order chi connectivity index (χ0) is 11.1. The monoisotopic (exact) mass is 228 g/mol. The molecule has 4 nitrogen and oxygen atoms in total. The lowest BCUT2D eigenvalue weighted by Crippen LogP contribution is -2.11. The summed E-state index contributed by atoms with van der Waals surface area (Å²) in [5.74, 6) is 0.489. The minimum atomic E-state index is -0.209. The molecule has 1 aromatic rings. The Hall–Kier alpha value is -1.29. The Morgan fingerprint density at radius 2 is 2.40 bits per heavy atom. The Kier molecular flexibility index (Phi) is 4.90. The molecule has 0 unspecified atom stereocenters. The molecule has 1 N–H and O–H groups in total. The highest BCUT2D eigenvalue weighted by atomic mass is 35.5. The maximum atomic E-state index is 11.0. The number of hydrogen-bond acceptors (Lipinski definition) is 4. The smallest absolute Gasteiger partial charge is 0.307 e. The molecule has 0 spiro atoms. The van der Waals surface area contributed by atoms with Crippen molar-refractivity contribution in [2.45, 2.75) is 13.3 Å². The summed E-state index contributed by atoms with van der Waals surface area (Å²) in [5, 5.41) is 3.58. The maximum absolute atomic E-state index is 11.0. The number of esters is 1. The van der Waals surface area contributed by atoms with Gasteiger partial charge in [0.05, 0.1) is 18.1 Å². The van der Waals surface area contributed by atoms with Crippen LogP contribution in [0.1, 0.15) is 13.3 Å². The van der Waals surface area contributed by atoms with Gasteiger partial charge in [-0.15, -0.1) is 0 Å². The average molecular weight is 229 g/mol. The van der Waals surface area contributed by atoms with Crippen molar-refractivity contribution in [3.63, 3.8) is 0 Å². The van der Waals surface area contributed by atoms with Gasteiger partial charge in [-0.25, -0.2) is 4.98 Å². The summed E-state index contributed by atoms with van der Waals surface area (Å²) in [6.45, 7) is 2.71. The van der Waals surface area contributed by atoms with Crippen LogP contribution in [0.3, 0.4) is 0 Å². The Bertz CT molecular complexity index is 314. The van der Waals surface area contributed by atoms with E-state index in [1.165, 1.54) is 0 Å². The summed E-state index contributed by atoms with van der Waals surface area (Å²) >= 11 is 5.67. The van der Waals surface area contributed by atoms with E-state index in [4.69, 9.17) is 16.3 Å². The van der Waals surface area contributed by atoms with E-state index in [-0.39, 0.29) is 5.97 Å². The number of nitrogens with one attached hydrogen (secondary N) is 1. The van der Waals surface area contributed by atoms with Gasteiger partial charge in [-0.3, -0.25) is 4.79 Å². The molecule has 0 amide bonds. The van der Waals surface area contributed by atoms with E-state index in [1.807, 2.05) is 0 Å². The Morgan fingerprint density at radius 1 is 1.60 bits per heavy atom. The van der Waals surface area contributed by atoms with Gasteiger partial charge in [-0.1, -0.05) is 11.6 Å².